The number of aromatic nitrogens is 3. The average Bonchev–Trinajstić information content (AvgIpc) is 3.35. The zero-order valence-corrected chi connectivity index (χ0v) is 18.9. The number of anilines is 1. The topological polar surface area (TPSA) is 187 Å². The van der Waals surface area contributed by atoms with Gasteiger partial charge in [-0.1, -0.05) is 16.9 Å². The van der Waals surface area contributed by atoms with Gasteiger partial charge in [0.2, 0.25) is 5.91 Å². The minimum atomic E-state index is -1.47. The average molecular weight is 496 g/mol. The Morgan fingerprint density at radius 1 is 1.56 bits per heavy atom. The number of amides is 2. The second-order valence-electron chi connectivity index (χ2n) is 6.79. The lowest BCUT2D eigenvalue weighted by molar-refractivity contribution is -0.146. The van der Waals surface area contributed by atoms with Crippen LogP contribution in [0.2, 0.25) is 0 Å². The third kappa shape index (κ3) is 3.71. The number of aromatic amines is 1. The third-order valence-corrected chi connectivity index (χ3v) is 8.45. The SMILES string of the molecule is Cc1sc(N)nc1C1(NC(=O)/C=N\O)S[C@@H]2CC(=O)N2C(C(=O)O)=C1SCc1cn[nH]c1. The number of nitrogens with one attached hydrogen (secondary N) is 2. The maximum absolute atomic E-state index is 12.6. The largest absolute Gasteiger partial charge is 0.477 e. The molecular weight excluding hydrogens is 478 g/mol. The number of hydrogen-bond acceptors (Lipinski definition) is 11. The number of carbonyl (C=O) groups excluding carboxylic acids is 2. The highest BCUT2D eigenvalue weighted by molar-refractivity contribution is 8.06. The van der Waals surface area contributed by atoms with Gasteiger partial charge in [0.05, 0.1) is 28.6 Å². The summed E-state index contributed by atoms with van der Waals surface area (Å²) in [6, 6.07) is 0. The Hall–Kier alpha value is -3.04. The number of carbonyl (C=O) groups is 3. The Morgan fingerprint density at radius 3 is 2.91 bits per heavy atom. The van der Waals surface area contributed by atoms with Crippen LogP contribution in [0.3, 0.4) is 0 Å². The van der Waals surface area contributed by atoms with Crippen molar-refractivity contribution in [3.8, 4) is 0 Å². The van der Waals surface area contributed by atoms with E-state index in [0.29, 0.717) is 22.5 Å². The van der Waals surface area contributed by atoms with Crippen molar-refractivity contribution in [3.05, 3.63) is 39.1 Å². The first-order valence-electron chi connectivity index (χ1n) is 9.08. The number of thiazole rings is 1. The summed E-state index contributed by atoms with van der Waals surface area (Å²) in [5.41, 5.74) is 6.83. The standard InChI is InChI=1S/C17H17N7O5S3/c1-7-13(22-16(18)31-7)17(23-9(25)5-21-29)14(30-6-8-3-19-20-4-8)12(15(27)28)24-10(26)2-11(24)32-17/h3-5,11,29H,2,6H2,1H3,(H2,18,22)(H,19,20)(H,23,25)(H,27,28)/b21-5-/t11-,17?/m1/s1. The minimum absolute atomic E-state index is 0.103. The van der Waals surface area contributed by atoms with Crippen LogP contribution >= 0.6 is 34.9 Å². The monoisotopic (exact) mass is 495 g/mol. The van der Waals surface area contributed by atoms with Crippen LogP contribution in [0.4, 0.5) is 5.13 Å². The first kappa shape index (κ1) is 22.2. The number of aliphatic carboxylic acids is 1. The maximum atomic E-state index is 12.6. The molecule has 32 heavy (non-hydrogen) atoms. The molecule has 168 valence electrons. The Balaban J connectivity index is 1.94. The molecule has 0 bridgehead atoms. The van der Waals surface area contributed by atoms with Crippen LogP contribution in [-0.4, -0.2) is 59.8 Å². The van der Waals surface area contributed by atoms with Crippen LogP contribution in [0.5, 0.6) is 0 Å². The van der Waals surface area contributed by atoms with E-state index >= 15 is 0 Å². The van der Waals surface area contributed by atoms with Crippen LogP contribution in [0.1, 0.15) is 22.6 Å². The first-order valence-corrected chi connectivity index (χ1v) is 11.8. The van der Waals surface area contributed by atoms with Gasteiger partial charge in [0.25, 0.3) is 5.91 Å². The number of H-pyrrole nitrogens is 1. The van der Waals surface area contributed by atoms with Gasteiger partial charge < -0.3 is 21.4 Å². The maximum Gasteiger partial charge on any atom is 0.353 e. The van der Waals surface area contributed by atoms with E-state index in [0.717, 1.165) is 17.3 Å². The number of rotatable bonds is 7. The molecule has 0 radical (unpaired) electrons. The smallest absolute Gasteiger partial charge is 0.353 e. The number of nitrogen functional groups attached to an aromatic ring is 1. The van der Waals surface area contributed by atoms with E-state index in [-0.39, 0.29) is 28.1 Å². The fourth-order valence-corrected chi connectivity index (χ4v) is 7.39. The van der Waals surface area contributed by atoms with Crippen molar-refractivity contribution in [3.63, 3.8) is 0 Å². The summed E-state index contributed by atoms with van der Waals surface area (Å²) in [6.45, 7) is 1.76. The zero-order chi connectivity index (χ0) is 23.0. The summed E-state index contributed by atoms with van der Waals surface area (Å²) < 4.78 is 0. The Kier molecular flexibility index (Phi) is 5.87. The number of carboxylic acid groups (broad SMARTS) is 1. The van der Waals surface area contributed by atoms with E-state index in [1.807, 2.05) is 0 Å². The van der Waals surface area contributed by atoms with Crippen molar-refractivity contribution in [1.82, 2.24) is 25.4 Å². The highest BCUT2D eigenvalue weighted by atomic mass is 32.2. The van der Waals surface area contributed by atoms with Crippen LogP contribution in [0, 0.1) is 6.92 Å². The van der Waals surface area contributed by atoms with Gasteiger partial charge >= 0.3 is 5.97 Å². The molecule has 0 aromatic carbocycles. The number of carboxylic acids is 1. The fraction of sp³-hybridized carbons (Fsp3) is 0.294. The van der Waals surface area contributed by atoms with Crippen LogP contribution < -0.4 is 11.1 Å². The second-order valence-corrected chi connectivity index (χ2v) is 10.4. The van der Waals surface area contributed by atoms with Crippen molar-refractivity contribution < 1.29 is 24.7 Å². The highest BCUT2D eigenvalue weighted by Crippen LogP contribution is 2.58. The Labute approximate surface area is 193 Å². The summed E-state index contributed by atoms with van der Waals surface area (Å²) in [6.07, 6.45) is 4.02. The van der Waals surface area contributed by atoms with Crippen LogP contribution in [-0.2, 0) is 25.0 Å². The summed E-state index contributed by atoms with van der Waals surface area (Å²) in [5, 5.41) is 30.8. The van der Waals surface area contributed by atoms with Gasteiger partial charge in [0.1, 0.15) is 11.9 Å². The van der Waals surface area contributed by atoms with Crippen LogP contribution in [0.25, 0.3) is 0 Å². The quantitative estimate of drug-likeness (QED) is 0.161. The van der Waals surface area contributed by atoms with Crippen LogP contribution in [0.15, 0.2) is 28.2 Å². The summed E-state index contributed by atoms with van der Waals surface area (Å²) in [4.78, 5) is 42.3. The molecule has 2 aromatic heterocycles. The zero-order valence-electron chi connectivity index (χ0n) is 16.4. The molecule has 1 fully saturated rings. The molecule has 2 amide bonds. The van der Waals surface area contributed by atoms with Gasteiger partial charge in [-0.3, -0.25) is 19.6 Å². The molecule has 4 rings (SSSR count). The second kappa shape index (κ2) is 8.48. The number of fused-ring (bicyclic) bond motifs is 1. The molecule has 6 N–H and O–H groups in total. The normalized spacial score (nSPS) is 22.7. The first-order chi connectivity index (χ1) is 15.3. The lowest BCUT2D eigenvalue weighted by Gasteiger charge is -2.51. The number of aryl methyl sites for hydroxylation is 1. The molecule has 1 unspecified atom stereocenters. The molecule has 15 heteroatoms. The molecule has 2 aliphatic heterocycles. The molecule has 2 aromatic rings. The predicted octanol–water partition coefficient (Wildman–Crippen LogP) is 1.02. The molecule has 1 saturated heterocycles. The van der Waals surface area contributed by atoms with E-state index in [1.54, 1.807) is 19.3 Å². The van der Waals surface area contributed by atoms with E-state index in [4.69, 9.17) is 10.9 Å². The Morgan fingerprint density at radius 2 is 2.34 bits per heavy atom. The highest BCUT2D eigenvalue weighted by Gasteiger charge is 2.57. The summed E-state index contributed by atoms with van der Waals surface area (Å²) >= 11 is 3.52. The number of oxime groups is 1. The number of nitrogens with two attached hydrogens (primary N) is 1. The van der Waals surface area contributed by atoms with E-state index < -0.39 is 22.1 Å². The molecule has 2 atom stereocenters. The number of thioether (sulfide) groups is 2. The molecule has 0 spiro atoms. The third-order valence-electron chi connectivity index (χ3n) is 4.76. The summed E-state index contributed by atoms with van der Waals surface area (Å²) in [7, 11) is 0. The van der Waals surface area contributed by atoms with Crippen molar-refractivity contribution >= 4 is 64.0 Å². The number of β-lactam (4-membered cyclic amide) rings is 1. The molecule has 0 aliphatic carbocycles. The molecule has 2 aliphatic rings. The van der Waals surface area contributed by atoms with Crippen molar-refractivity contribution in [2.45, 2.75) is 29.3 Å². The van der Waals surface area contributed by atoms with E-state index in [1.165, 1.54) is 28.0 Å². The van der Waals surface area contributed by atoms with Gasteiger partial charge in [0.15, 0.2) is 10.0 Å². The van der Waals surface area contributed by atoms with Gasteiger partial charge in [0, 0.05) is 22.4 Å². The van der Waals surface area contributed by atoms with Gasteiger partial charge in [-0.2, -0.15) is 5.10 Å². The Bertz CT molecular complexity index is 1150. The molecule has 0 saturated carbocycles. The predicted molar refractivity (Wildman–Crippen MR) is 119 cm³/mol. The van der Waals surface area contributed by atoms with E-state index in [2.05, 4.69) is 25.7 Å². The van der Waals surface area contributed by atoms with Gasteiger partial charge in [-0.15, -0.1) is 23.1 Å². The molecule has 12 nitrogen and oxygen atoms in total. The lowest BCUT2D eigenvalue weighted by atomic mass is 10.1. The van der Waals surface area contributed by atoms with Gasteiger partial charge in [-0.05, 0) is 6.92 Å². The minimum Gasteiger partial charge on any atom is -0.477 e. The van der Waals surface area contributed by atoms with Crippen molar-refractivity contribution in [2.24, 2.45) is 5.16 Å². The lowest BCUT2D eigenvalue weighted by Crippen LogP contribution is -2.60. The number of hydrogen-bond donors (Lipinski definition) is 5. The summed E-state index contributed by atoms with van der Waals surface area (Å²) in [5.74, 6) is -2.10. The fourth-order valence-electron chi connectivity index (χ4n) is 3.48. The molecule has 4 heterocycles. The van der Waals surface area contributed by atoms with Gasteiger partial charge in [-0.25, -0.2) is 9.78 Å². The van der Waals surface area contributed by atoms with Crippen molar-refractivity contribution in [1.29, 1.82) is 0 Å². The molecular formula is C17H17N7O5S3. The number of nitrogens with zero attached hydrogens (tertiary/aromatic N) is 4. The van der Waals surface area contributed by atoms with E-state index in [9.17, 15) is 19.5 Å². The van der Waals surface area contributed by atoms with Crippen molar-refractivity contribution in [2.75, 3.05) is 5.73 Å².